The number of ether oxygens (including phenoxy) is 1. The molecule has 1 aromatic heterocycles. The van der Waals surface area contributed by atoms with Crippen molar-refractivity contribution < 1.29 is 9.53 Å². The fourth-order valence-electron chi connectivity index (χ4n) is 1.50. The van der Waals surface area contributed by atoms with Gasteiger partial charge in [-0.1, -0.05) is 30.3 Å². The molecule has 0 saturated heterocycles. The van der Waals surface area contributed by atoms with E-state index in [1.165, 1.54) is 11.3 Å². The Labute approximate surface area is 104 Å². The fourth-order valence-corrected chi connectivity index (χ4v) is 2.50. The summed E-state index contributed by atoms with van der Waals surface area (Å²) in [6.07, 6.45) is 0. The molecular weight excluding hydrogens is 234 g/mol. The minimum Gasteiger partial charge on any atom is -0.379 e. The number of ketones is 1. The zero-order valence-corrected chi connectivity index (χ0v) is 10.6. The van der Waals surface area contributed by atoms with Crippen LogP contribution in [0.2, 0.25) is 0 Å². The Morgan fingerprint density at radius 3 is 2.71 bits per heavy atom. The first-order valence-corrected chi connectivity index (χ1v) is 6.09. The Balaban J connectivity index is 2.29. The van der Waals surface area contributed by atoms with Gasteiger partial charge in [0.25, 0.3) is 0 Å². The van der Waals surface area contributed by atoms with Crippen LogP contribution >= 0.6 is 11.3 Å². The SMILES string of the molecule is COCc1sc(C(=O)c2ccccc2)nc1C. The van der Waals surface area contributed by atoms with Gasteiger partial charge in [0.1, 0.15) is 0 Å². The van der Waals surface area contributed by atoms with Crippen molar-refractivity contribution in [1.82, 2.24) is 4.98 Å². The van der Waals surface area contributed by atoms with Crippen LogP contribution in [0, 0.1) is 6.92 Å². The van der Waals surface area contributed by atoms with Gasteiger partial charge in [0.05, 0.1) is 17.2 Å². The number of nitrogens with zero attached hydrogens (tertiary/aromatic N) is 1. The number of aromatic nitrogens is 1. The number of aryl methyl sites for hydroxylation is 1. The average Bonchev–Trinajstić information content (AvgIpc) is 2.72. The highest BCUT2D eigenvalue weighted by Crippen LogP contribution is 2.21. The largest absolute Gasteiger partial charge is 0.379 e. The molecule has 88 valence electrons. The molecule has 4 heteroatoms. The molecule has 1 aromatic carbocycles. The summed E-state index contributed by atoms with van der Waals surface area (Å²) in [5, 5.41) is 0.528. The van der Waals surface area contributed by atoms with E-state index in [4.69, 9.17) is 4.74 Å². The van der Waals surface area contributed by atoms with Gasteiger partial charge in [0.15, 0.2) is 5.01 Å². The fraction of sp³-hybridized carbons (Fsp3) is 0.231. The molecule has 0 saturated carbocycles. The van der Waals surface area contributed by atoms with Crippen LogP contribution in [0.15, 0.2) is 30.3 Å². The molecule has 2 aromatic rings. The van der Waals surface area contributed by atoms with E-state index in [1.54, 1.807) is 19.2 Å². The van der Waals surface area contributed by atoms with Crippen LogP contribution in [0.3, 0.4) is 0 Å². The zero-order valence-electron chi connectivity index (χ0n) is 9.77. The highest BCUT2D eigenvalue weighted by Gasteiger charge is 2.15. The van der Waals surface area contributed by atoms with Crippen LogP contribution in [0.1, 0.15) is 25.9 Å². The molecule has 3 nitrogen and oxygen atoms in total. The maximum atomic E-state index is 12.1. The zero-order chi connectivity index (χ0) is 12.3. The van der Waals surface area contributed by atoms with Crippen molar-refractivity contribution in [1.29, 1.82) is 0 Å². The van der Waals surface area contributed by atoms with E-state index in [-0.39, 0.29) is 5.78 Å². The van der Waals surface area contributed by atoms with Crippen LogP contribution in [0.5, 0.6) is 0 Å². The molecule has 0 aliphatic rings. The molecule has 0 amide bonds. The molecule has 1 heterocycles. The van der Waals surface area contributed by atoms with E-state index in [9.17, 15) is 4.79 Å². The number of hydrogen-bond acceptors (Lipinski definition) is 4. The summed E-state index contributed by atoms with van der Waals surface area (Å²) in [5.74, 6) is -0.0268. The second-order valence-corrected chi connectivity index (χ2v) is 4.74. The van der Waals surface area contributed by atoms with Crippen LogP contribution in [0.25, 0.3) is 0 Å². The first-order valence-electron chi connectivity index (χ1n) is 5.27. The molecule has 0 N–H and O–H groups in total. The number of thiazole rings is 1. The van der Waals surface area contributed by atoms with E-state index < -0.39 is 0 Å². The predicted octanol–water partition coefficient (Wildman–Crippen LogP) is 2.83. The van der Waals surface area contributed by atoms with Crippen LogP contribution < -0.4 is 0 Å². The Hall–Kier alpha value is -1.52. The summed E-state index contributed by atoms with van der Waals surface area (Å²) in [6, 6.07) is 9.19. The maximum Gasteiger partial charge on any atom is 0.221 e. The summed E-state index contributed by atoms with van der Waals surface area (Å²) >= 11 is 1.40. The number of hydrogen-bond donors (Lipinski definition) is 0. The third-order valence-corrected chi connectivity index (χ3v) is 3.53. The predicted molar refractivity (Wildman–Crippen MR) is 67.4 cm³/mol. The van der Waals surface area contributed by atoms with Crippen molar-refractivity contribution >= 4 is 17.1 Å². The molecule has 0 radical (unpaired) electrons. The Morgan fingerprint density at radius 1 is 1.35 bits per heavy atom. The van der Waals surface area contributed by atoms with Gasteiger partial charge in [-0.3, -0.25) is 4.79 Å². The minimum absolute atomic E-state index is 0.0268. The highest BCUT2D eigenvalue weighted by molar-refractivity contribution is 7.13. The van der Waals surface area contributed by atoms with Gasteiger partial charge in [-0.25, -0.2) is 4.98 Å². The summed E-state index contributed by atoms with van der Waals surface area (Å²) in [7, 11) is 1.64. The smallest absolute Gasteiger partial charge is 0.221 e. The van der Waals surface area contributed by atoms with Crippen molar-refractivity contribution in [2.24, 2.45) is 0 Å². The van der Waals surface area contributed by atoms with Crippen molar-refractivity contribution in [3.63, 3.8) is 0 Å². The van der Waals surface area contributed by atoms with Crippen molar-refractivity contribution in [3.05, 3.63) is 51.5 Å². The van der Waals surface area contributed by atoms with Crippen LogP contribution in [-0.2, 0) is 11.3 Å². The highest BCUT2D eigenvalue weighted by atomic mass is 32.1. The Morgan fingerprint density at radius 2 is 2.06 bits per heavy atom. The number of carbonyl (C=O) groups excluding carboxylic acids is 1. The van der Waals surface area contributed by atoms with E-state index in [0.717, 1.165) is 10.6 Å². The third kappa shape index (κ3) is 2.60. The molecule has 0 spiro atoms. The van der Waals surface area contributed by atoms with Gasteiger partial charge < -0.3 is 4.74 Å². The third-order valence-electron chi connectivity index (χ3n) is 2.40. The first-order chi connectivity index (χ1) is 8.22. The Bertz CT molecular complexity index is 519. The normalized spacial score (nSPS) is 10.5. The second-order valence-electron chi connectivity index (χ2n) is 3.66. The standard InChI is InChI=1S/C13H13NO2S/c1-9-11(8-16-2)17-13(14-9)12(15)10-6-4-3-5-7-10/h3-7H,8H2,1-2H3. The van der Waals surface area contributed by atoms with Gasteiger partial charge in [-0.15, -0.1) is 11.3 Å². The number of benzene rings is 1. The van der Waals surface area contributed by atoms with Gasteiger partial charge in [-0.2, -0.15) is 0 Å². The summed E-state index contributed by atoms with van der Waals surface area (Å²) in [4.78, 5) is 17.4. The lowest BCUT2D eigenvalue weighted by Gasteiger charge is -1.95. The number of rotatable bonds is 4. The monoisotopic (exact) mass is 247 g/mol. The molecule has 2 rings (SSSR count). The maximum absolute atomic E-state index is 12.1. The summed E-state index contributed by atoms with van der Waals surface area (Å²) in [5.41, 5.74) is 1.54. The average molecular weight is 247 g/mol. The van der Waals surface area contributed by atoms with Crippen molar-refractivity contribution in [2.45, 2.75) is 13.5 Å². The van der Waals surface area contributed by atoms with Gasteiger partial charge in [0.2, 0.25) is 5.78 Å². The lowest BCUT2D eigenvalue weighted by molar-refractivity contribution is 0.103. The molecule has 0 aliphatic heterocycles. The Kier molecular flexibility index (Phi) is 3.66. The van der Waals surface area contributed by atoms with E-state index >= 15 is 0 Å². The minimum atomic E-state index is -0.0268. The van der Waals surface area contributed by atoms with Gasteiger partial charge >= 0.3 is 0 Å². The van der Waals surface area contributed by atoms with Crippen LogP contribution in [0.4, 0.5) is 0 Å². The molecule has 17 heavy (non-hydrogen) atoms. The molecule has 0 aliphatic carbocycles. The molecule has 0 bridgehead atoms. The quantitative estimate of drug-likeness (QED) is 0.780. The molecule has 0 fully saturated rings. The summed E-state index contributed by atoms with van der Waals surface area (Å²) in [6.45, 7) is 2.40. The summed E-state index contributed by atoms with van der Waals surface area (Å²) < 4.78 is 5.07. The second kappa shape index (κ2) is 5.21. The van der Waals surface area contributed by atoms with Crippen LogP contribution in [-0.4, -0.2) is 17.9 Å². The van der Waals surface area contributed by atoms with E-state index in [1.807, 2.05) is 25.1 Å². The lowest BCUT2D eigenvalue weighted by atomic mass is 10.1. The lowest BCUT2D eigenvalue weighted by Crippen LogP contribution is -1.99. The number of methoxy groups -OCH3 is 1. The van der Waals surface area contributed by atoms with Gasteiger partial charge in [-0.05, 0) is 6.92 Å². The van der Waals surface area contributed by atoms with E-state index in [2.05, 4.69) is 4.98 Å². The van der Waals surface area contributed by atoms with Crippen molar-refractivity contribution in [2.75, 3.05) is 7.11 Å². The van der Waals surface area contributed by atoms with Gasteiger partial charge in [0, 0.05) is 12.7 Å². The molecule has 0 atom stereocenters. The topological polar surface area (TPSA) is 39.2 Å². The number of carbonyl (C=O) groups is 1. The molecular formula is C13H13NO2S. The molecule has 0 unspecified atom stereocenters. The van der Waals surface area contributed by atoms with Crippen molar-refractivity contribution in [3.8, 4) is 0 Å². The van der Waals surface area contributed by atoms with E-state index in [0.29, 0.717) is 17.2 Å². The first kappa shape index (κ1) is 12.0.